The van der Waals surface area contributed by atoms with E-state index in [4.69, 9.17) is 5.26 Å². The van der Waals surface area contributed by atoms with Gasteiger partial charge in [0.05, 0.1) is 16.1 Å². The highest BCUT2D eigenvalue weighted by molar-refractivity contribution is 7.89. The molecule has 0 bridgehead atoms. The summed E-state index contributed by atoms with van der Waals surface area (Å²) in [6.07, 6.45) is 2.79. The number of nitriles is 1. The minimum absolute atomic E-state index is 0.163. The second kappa shape index (κ2) is 10.4. The van der Waals surface area contributed by atoms with Crippen molar-refractivity contribution in [3.05, 3.63) is 59.7 Å². The monoisotopic (exact) mass is 454 g/mol. The number of rotatable bonds is 6. The first-order valence-electron chi connectivity index (χ1n) is 10.5. The van der Waals surface area contributed by atoms with Gasteiger partial charge in [-0.3, -0.25) is 9.59 Å². The van der Waals surface area contributed by atoms with Crippen LogP contribution in [0.2, 0.25) is 0 Å². The predicted molar refractivity (Wildman–Crippen MR) is 120 cm³/mol. The van der Waals surface area contributed by atoms with Gasteiger partial charge in [-0.25, -0.2) is 8.42 Å². The van der Waals surface area contributed by atoms with Crippen LogP contribution in [0.15, 0.2) is 53.4 Å². The molecule has 1 aliphatic rings. The first-order chi connectivity index (χ1) is 15.3. The lowest BCUT2D eigenvalue weighted by Gasteiger charge is -2.34. The Bertz CT molecular complexity index is 1120. The zero-order chi connectivity index (χ0) is 23.1. The predicted octanol–water partition coefficient (Wildman–Crippen LogP) is 2.55. The van der Waals surface area contributed by atoms with Gasteiger partial charge in [-0.1, -0.05) is 36.2 Å². The molecule has 0 radical (unpaired) electrons. The zero-order valence-electron chi connectivity index (χ0n) is 17.9. The van der Waals surface area contributed by atoms with E-state index in [0.717, 1.165) is 18.4 Å². The molecule has 2 N–H and O–H groups in total. The van der Waals surface area contributed by atoms with E-state index in [9.17, 15) is 18.0 Å². The molecular weight excluding hydrogens is 428 g/mol. The number of carbonyl (C=O) groups is 2. The van der Waals surface area contributed by atoms with Crippen LogP contribution in [0, 0.1) is 18.3 Å². The summed E-state index contributed by atoms with van der Waals surface area (Å²) in [5.41, 5.74) is 1.50. The van der Waals surface area contributed by atoms with Gasteiger partial charge in [0, 0.05) is 19.1 Å². The molecule has 1 saturated heterocycles. The second-order valence-electron chi connectivity index (χ2n) is 7.73. The highest BCUT2D eigenvalue weighted by Crippen LogP contribution is 2.27. The number of sulfonamides is 1. The van der Waals surface area contributed by atoms with E-state index < -0.39 is 21.8 Å². The molecule has 0 spiro atoms. The largest absolute Gasteiger partial charge is 0.348 e. The third kappa shape index (κ3) is 5.52. The molecule has 0 saturated carbocycles. The Balaban J connectivity index is 1.59. The maximum absolute atomic E-state index is 13.1. The molecule has 0 aliphatic carbocycles. The van der Waals surface area contributed by atoms with Crippen molar-refractivity contribution in [2.75, 3.05) is 18.4 Å². The maximum Gasteiger partial charge on any atom is 0.313 e. The van der Waals surface area contributed by atoms with Crippen LogP contribution in [0.5, 0.6) is 0 Å². The number of benzene rings is 2. The minimum atomic E-state index is -3.63. The molecule has 0 unspecified atom stereocenters. The molecule has 168 valence electrons. The van der Waals surface area contributed by atoms with Crippen molar-refractivity contribution in [1.29, 1.82) is 5.26 Å². The Kier molecular flexibility index (Phi) is 7.62. The summed E-state index contributed by atoms with van der Waals surface area (Å²) >= 11 is 0. The van der Waals surface area contributed by atoms with Gasteiger partial charge in [-0.05, 0) is 50.5 Å². The number of nitrogens with one attached hydrogen (secondary N) is 2. The highest BCUT2D eigenvalue weighted by atomic mass is 32.2. The van der Waals surface area contributed by atoms with Gasteiger partial charge < -0.3 is 10.6 Å². The first kappa shape index (κ1) is 23.4. The number of aryl methyl sites for hydroxylation is 1. The third-order valence-corrected chi connectivity index (χ3v) is 7.43. The third-order valence-electron chi connectivity index (χ3n) is 5.47. The van der Waals surface area contributed by atoms with Crippen molar-refractivity contribution >= 4 is 27.5 Å². The van der Waals surface area contributed by atoms with Gasteiger partial charge in [0.2, 0.25) is 10.0 Å². The Morgan fingerprint density at radius 3 is 2.53 bits per heavy atom. The smallest absolute Gasteiger partial charge is 0.313 e. The van der Waals surface area contributed by atoms with Crippen molar-refractivity contribution in [1.82, 2.24) is 9.62 Å². The van der Waals surface area contributed by atoms with E-state index in [2.05, 4.69) is 10.6 Å². The van der Waals surface area contributed by atoms with Crippen LogP contribution in [0.4, 0.5) is 5.69 Å². The molecule has 1 aliphatic heterocycles. The highest BCUT2D eigenvalue weighted by Gasteiger charge is 2.33. The molecule has 3 rings (SSSR count). The Hall–Kier alpha value is -3.22. The molecule has 2 aromatic rings. The lowest BCUT2D eigenvalue weighted by molar-refractivity contribution is -0.136. The zero-order valence-corrected chi connectivity index (χ0v) is 18.7. The summed E-state index contributed by atoms with van der Waals surface area (Å²) in [6.45, 7) is 2.49. The minimum Gasteiger partial charge on any atom is -0.348 e. The maximum atomic E-state index is 13.1. The quantitative estimate of drug-likeness (QED) is 0.650. The molecule has 0 aromatic heterocycles. The van der Waals surface area contributed by atoms with E-state index in [1.807, 2.05) is 13.0 Å². The number of hydrogen-bond acceptors (Lipinski definition) is 5. The molecule has 2 aromatic carbocycles. The van der Waals surface area contributed by atoms with Crippen LogP contribution in [0.3, 0.4) is 0 Å². The van der Waals surface area contributed by atoms with Crippen LogP contribution in [-0.4, -0.2) is 43.7 Å². The van der Waals surface area contributed by atoms with E-state index in [1.165, 1.54) is 4.31 Å². The number of carbonyl (C=O) groups excluding carboxylic acids is 2. The van der Waals surface area contributed by atoms with E-state index in [0.29, 0.717) is 19.4 Å². The van der Waals surface area contributed by atoms with E-state index in [-0.39, 0.29) is 28.7 Å². The summed E-state index contributed by atoms with van der Waals surface area (Å²) in [5.74, 6) is -1.71. The summed E-state index contributed by atoms with van der Waals surface area (Å²) in [6, 6.07) is 14.9. The van der Waals surface area contributed by atoms with E-state index >= 15 is 0 Å². The normalized spacial score (nSPS) is 16.7. The van der Waals surface area contributed by atoms with Crippen LogP contribution < -0.4 is 10.6 Å². The molecule has 8 nitrogen and oxygen atoms in total. The molecule has 2 amide bonds. The van der Waals surface area contributed by atoms with Crippen molar-refractivity contribution < 1.29 is 18.0 Å². The van der Waals surface area contributed by atoms with Gasteiger partial charge in [0.25, 0.3) is 0 Å². The van der Waals surface area contributed by atoms with Crippen LogP contribution in [0.1, 0.15) is 36.8 Å². The summed E-state index contributed by atoms with van der Waals surface area (Å²) in [7, 11) is -3.63. The Morgan fingerprint density at radius 2 is 1.81 bits per heavy atom. The van der Waals surface area contributed by atoms with Crippen LogP contribution >= 0.6 is 0 Å². The first-order valence-corrected chi connectivity index (χ1v) is 11.9. The van der Waals surface area contributed by atoms with Gasteiger partial charge in [0.15, 0.2) is 0 Å². The topological polar surface area (TPSA) is 119 Å². The van der Waals surface area contributed by atoms with Crippen molar-refractivity contribution in [3.63, 3.8) is 0 Å². The van der Waals surface area contributed by atoms with Crippen molar-refractivity contribution in [2.45, 2.75) is 43.5 Å². The van der Waals surface area contributed by atoms with Gasteiger partial charge >= 0.3 is 11.8 Å². The number of piperidine rings is 1. The number of nitrogens with zero attached hydrogens (tertiary/aromatic N) is 2. The van der Waals surface area contributed by atoms with Gasteiger partial charge in [-0.2, -0.15) is 9.57 Å². The molecule has 1 fully saturated rings. The fourth-order valence-corrected chi connectivity index (χ4v) is 5.45. The summed E-state index contributed by atoms with van der Waals surface area (Å²) < 4.78 is 27.8. The lowest BCUT2D eigenvalue weighted by atomic mass is 10.0. The molecule has 32 heavy (non-hydrogen) atoms. The van der Waals surface area contributed by atoms with Gasteiger partial charge in [0.1, 0.15) is 6.07 Å². The lowest BCUT2D eigenvalue weighted by Crippen LogP contribution is -2.45. The number of hydrogen-bond donors (Lipinski definition) is 2. The average molecular weight is 455 g/mol. The fraction of sp³-hybridized carbons (Fsp3) is 0.348. The number of anilines is 1. The molecular formula is C23H26N4O4S. The summed E-state index contributed by atoms with van der Waals surface area (Å²) in [4.78, 5) is 24.6. The van der Waals surface area contributed by atoms with Gasteiger partial charge in [-0.15, -0.1) is 0 Å². The average Bonchev–Trinajstić information content (AvgIpc) is 2.80. The van der Waals surface area contributed by atoms with Crippen LogP contribution in [0.25, 0.3) is 0 Å². The number of para-hydroxylation sites is 1. The fourth-order valence-electron chi connectivity index (χ4n) is 3.73. The molecule has 9 heteroatoms. The van der Waals surface area contributed by atoms with Crippen molar-refractivity contribution in [2.24, 2.45) is 0 Å². The standard InChI is InChI=1S/C23H26N4O4S/c1-17-9-11-20(12-10-17)32(30,31)27-15-5-4-7-19(27)13-14-25-22(28)23(29)26-21-8-3-2-6-18(21)16-24/h2-3,6,8-12,19H,4-5,7,13-15H2,1H3,(H,25,28)(H,26,29)/t19-/m0/s1. The summed E-state index contributed by atoms with van der Waals surface area (Å²) in [5, 5.41) is 14.1. The Labute approximate surface area is 188 Å². The molecule has 1 heterocycles. The molecule has 1 atom stereocenters. The Morgan fingerprint density at radius 1 is 1.09 bits per heavy atom. The van der Waals surface area contributed by atoms with Crippen LogP contribution in [-0.2, 0) is 19.6 Å². The van der Waals surface area contributed by atoms with Crippen molar-refractivity contribution in [3.8, 4) is 6.07 Å². The SMILES string of the molecule is Cc1ccc(S(=O)(=O)N2CCCC[C@H]2CCNC(=O)C(=O)Nc2ccccc2C#N)cc1. The number of amides is 2. The second-order valence-corrected chi connectivity index (χ2v) is 9.63. The van der Waals surface area contributed by atoms with E-state index in [1.54, 1.807) is 48.5 Å².